The van der Waals surface area contributed by atoms with E-state index in [1.165, 1.54) is 13.2 Å². The van der Waals surface area contributed by atoms with Crippen molar-refractivity contribution in [3.05, 3.63) is 66.6 Å². The number of aliphatic hydroxyl groups excluding tert-OH is 1. The lowest BCUT2D eigenvalue weighted by Crippen LogP contribution is -2.67. The number of nitrogens with one attached hydrogen (secondary N) is 1. The van der Waals surface area contributed by atoms with Crippen LogP contribution in [0.5, 0.6) is 5.75 Å². The molecule has 8 nitrogen and oxygen atoms in total. The number of hydrogen-bond acceptors (Lipinski definition) is 7. The van der Waals surface area contributed by atoms with Crippen molar-refractivity contribution in [2.24, 2.45) is 0 Å². The maximum atomic E-state index is 11.9. The van der Waals surface area contributed by atoms with E-state index in [-0.39, 0.29) is 12.5 Å². The molecule has 0 radical (unpaired) electrons. The number of furan rings is 1. The van der Waals surface area contributed by atoms with Crippen molar-refractivity contribution < 1.29 is 33.3 Å². The minimum Gasteiger partial charge on any atom is -0.464 e. The average Bonchev–Trinajstić information content (AvgIpc) is 3.31. The second kappa shape index (κ2) is 8.32. The summed E-state index contributed by atoms with van der Waals surface area (Å²) in [5, 5.41) is 15.8. The summed E-state index contributed by atoms with van der Waals surface area (Å²) in [5.41, 5.74) is 0. The van der Waals surface area contributed by atoms with Crippen molar-refractivity contribution in [2.75, 3.05) is 6.61 Å². The van der Waals surface area contributed by atoms with Crippen LogP contribution in [0.4, 0.5) is 0 Å². The maximum absolute atomic E-state index is 11.9. The first kappa shape index (κ1) is 20.0. The van der Waals surface area contributed by atoms with Crippen LogP contribution in [0.1, 0.15) is 19.0 Å². The molecule has 2 aliphatic heterocycles. The molecule has 2 fully saturated rings. The lowest BCUT2D eigenvalue weighted by atomic mass is 9.95. The highest BCUT2D eigenvalue weighted by Crippen LogP contribution is 2.36. The maximum Gasteiger partial charge on any atom is 0.223 e. The summed E-state index contributed by atoms with van der Waals surface area (Å²) in [4.78, 5) is 11.9. The topological polar surface area (TPSA) is 99.4 Å². The van der Waals surface area contributed by atoms with Crippen LogP contribution >= 0.6 is 0 Å². The van der Waals surface area contributed by atoms with Gasteiger partial charge < -0.3 is 33.8 Å². The monoisotopic (exact) mass is 425 g/mol. The van der Waals surface area contributed by atoms with Gasteiger partial charge in [0.2, 0.25) is 18.5 Å². The molecule has 3 heterocycles. The SMILES string of the molecule is CC(=O)N[C@H]1[C@H](Oc2cccc3ccccc23)O[C@@H]2COC(c3ccco3)O[C@H]2[C@@H]1O. The van der Waals surface area contributed by atoms with Crippen LogP contribution in [0.25, 0.3) is 10.8 Å². The molecule has 5 rings (SSSR count). The van der Waals surface area contributed by atoms with Crippen molar-refractivity contribution in [1.29, 1.82) is 0 Å². The van der Waals surface area contributed by atoms with Crippen molar-refractivity contribution in [2.45, 2.75) is 43.9 Å². The molecule has 0 saturated carbocycles. The van der Waals surface area contributed by atoms with Gasteiger partial charge in [-0.3, -0.25) is 4.79 Å². The van der Waals surface area contributed by atoms with Gasteiger partial charge in [-0.15, -0.1) is 0 Å². The van der Waals surface area contributed by atoms with Gasteiger partial charge in [0.25, 0.3) is 0 Å². The first-order valence-corrected chi connectivity index (χ1v) is 10.2. The van der Waals surface area contributed by atoms with E-state index in [1.807, 2.05) is 42.5 Å². The summed E-state index contributed by atoms with van der Waals surface area (Å²) >= 11 is 0. The molecule has 1 aromatic heterocycles. The Morgan fingerprint density at radius 2 is 1.94 bits per heavy atom. The number of amides is 1. The smallest absolute Gasteiger partial charge is 0.223 e. The summed E-state index contributed by atoms with van der Waals surface area (Å²) in [6.45, 7) is 1.56. The summed E-state index contributed by atoms with van der Waals surface area (Å²) < 4.78 is 29.3. The highest BCUT2D eigenvalue weighted by Gasteiger charge is 2.51. The molecule has 1 amide bonds. The van der Waals surface area contributed by atoms with Crippen LogP contribution in [-0.2, 0) is 19.0 Å². The van der Waals surface area contributed by atoms with Crippen LogP contribution in [-0.4, -0.2) is 48.3 Å². The Balaban J connectivity index is 1.41. The number of benzene rings is 2. The average molecular weight is 425 g/mol. The Morgan fingerprint density at radius 3 is 2.74 bits per heavy atom. The van der Waals surface area contributed by atoms with Crippen molar-refractivity contribution in [3.63, 3.8) is 0 Å². The van der Waals surface area contributed by atoms with Gasteiger partial charge in [0.1, 0.15) is 30.1 Å². The predicted octanol–water partition coefficient (Wildman–Crippen LogP) is 2.52. The standard InChI is InChI=1S/C23H23NO7/c1-13(25)24-19-20(26)21-18(12-28-22(31-21)17-10-5-11-27-17)30-23(19)29-16-9-4-7-14-6-2-3-8-15(14)16/h2-11,18-23,26H,12H2,1H3,(H,24,25)/t18-,19-,20-,21-,22?,23-/m1/s1. The molecule has 0 aliphatic carbocycles. The third kappa shape index (κ3) is 3.90. The molecule has 2 aliphatic rings. The van der Waals surface area contributed by atoms with Crippen LogP contribution in [0.2, 0.25) is 0 Å². The van der Waals surface area contributed by atoms with Crippen LogP contribution in [0, 0.1) is 0 Å². The van der Waals surface area contributed by atoms with Gasteiger partial charge in [0.05, 0.1) is 12.9 Å². The minimum absolute atomic E-state index is 0.176. The zero-order valence-corrected chi connectivity index (χ0v) is 16.8. The first-order chi connectivity index (χ1) is 15.1. The molecule has 31 heavy (non-hydrogen) atoms. The fourth-order valence-corrected chi connectivity index (χ4v) is 4.07. The van der Waals surface area contributed by atoms with E-state index < -0.39 is 36.9 Å². The number of fused-ring (bicyclic) bond motifs is 2. The zero-order valence-electron chi connectivity index (χ0n) is 16.8. The molecule has 2 aromatic carbocycles. The number of rotatable bonds is 4. The summed E-state index contributed by atoms with van der Waals surface area (Å²) in [6.07, 6.45) is -2.56. The van der Waals surface area contributed by atoms with E-state index >= 15 is 0 Å². The van der Waals surface area contributed by atoms with E-state index in [1.54, 1.807) is 12.1 Å². The lowest BCUT2D eigenvalue weighted by Gasteiger charge is -2.47. The van der Waals surface area contributed by atoms with Gasteiger partial charge in [0, 0.05) is 12.3 Å². The fraction of sp³-hybridized carbons (Fsp3) is 0.348. The Kier molecular flexibility index (Phi) is 5.37. The van der Waals surface area contributed by atoms with E-state index in [2.05, 4.69) is 5.32 Å². The normalized spacial score (nSPS) is 30.5. The Bertz CT molecular complexity index is 1050. The Morgan fingerprint density at radius 1 is 1.10 bits per heavy atom. The molecule has 162 valence electrons. The van der Waals surface area contributed by atoms with Gasteiger partial charge in [-0.25, -0.2) is 0 Å². The molecule has 6 atom stereocenters. The number of ether oxygens (including phenoxy) is 4. The van der Waals surface area contributed by atoms with Crippen molar-refractivity contribution >= 4 is 16.7 Å². The summed E-state index contributed by atoms with van der Waals surface area (Å²) in [6, 6.07) is 16.1. The molecule has 0 bridgehead atoms. The van der Waals surface area contributed by atoms with Crippen LogP contribution < -0.4 is 10.1 Å². The first-order valence-electron chi connectivity index (χ1n) is 10.2. The fourth-order valence-electron chi connectivity index (χ4n) is 4.07. The van der Waals surface area contributed by atoms with Gasteiger partial charge in [-0.2, -0.15) is 0 Å². The van der Waals surface area contributed by atoms with Crippen molar-refractivity contribution in [1.82, 2.24) is 5.32 Å². The molecule has 2 saturated heterocycles. The van der Waals surface area contributed by atoms with E-state index in [4.69, 9.17) is 23.4 Å². The number of carbonyl (C=O) groups excluding carboxylic acids is 1. The van der Waals surface area contributed by atoms with Gasteiger partial charge in [-0.1, -0.05) is 36.4 Å². The van der Waals surface area contributed by atoms with Gasteiger partial charge >= 0.3 is 0 Å². The molecular weight excluding hydrogens is 402 g/mol. The zero-order chi connectivity index (χ0) is 21.4. The largest absolute Gasteiger partial charge is 0.464 e. The minimum atomic E-state index is -1.08. The number of hydrogen-bond donors (Lipinski definition) is 2. The summed E-state index contributed by atoms with van der Waals surface area (Å²) in [7, 11) is 0. The van der Waals surface area contributed by atoms with Crippen LogP contribution in [0.3, 0.4) is 0 Å². The Labute approximate surface area is 178 Å². The molecule has 0 spiro atoms. The number of carbonyl (C=O) groups is 1. The van der Waals surface area contributed by atoms with Gasteiger partial charge in [-0.05, 0) is 23.6 Å². The highest BCUT2D eigenvalue weighted by atomic mass is 16.8. The third-order valence-corrected chi connectivity index (χ3v) is 5.50. The quantitative estimate of drug-likeness (QED) is 0.663. The molecule has 1 unspecified atom stereocenters. The predicted molar refractivity (Wildman–Crippen MR) is 109 cm³/mol. The van der Waals surface area contributed by atoms with Crippen molar-refractivity contribution in [3.8, 4) is 5.75 Å². The molecular formula is C23H23NO7. The third-order valence-electron chi connectivity index (χ3n) is 5.50. The Hall–Kier alpha value is -2.91. The lowest BCUT2D eigenvalue weighted by molar-refractivity contribution is -0.336. The molecule has 3 aromatic rings. The second-order valence-electron chi connectivity index (χ2n) is 7.64. The van der Waals surface area contributed by atoms with Crippen LogP contribution in [0.15, 0.2) is 65.3 Å². The summed E-state index contributed by atoms with van der Waals surface area (Å²) in [5.74, 6) is 0.776. The van der Waals surface area contributed by atoms with E-state index in [0.29, 0.717) is 11.5 Å². The number of aliphatic hydroxyl groups is 1. The highest BCUT2D eigenvalue weighted by molar-refractivity contribution is 5.88. The van der Waals surface area contributed by atoms with Gasteiger partial charge in [0.15, 0.2) is 5.76 Å². The molecule has 2 N–H and O–H groups in total. The van der Waals surface area contributed by atoms with E-state index in [0.717, 1.165) is 10.8 Å². The second-order valence-corrected chi connectivity index (χ2v) is 7.64. The molecule has 8 heteroatoms. The van der Waals surface area contributed by atoms with E-state index in [9.17, 15) is 9.90 Å².